The van der Waals surface area contributed by atoms with Gasteiger partial charge in [-0.3, -0.25) is 20.0 Å². The highest BCUT2D eigenvalue weighted by molar-refractivity contribution is 6.05. The summed E-state index contributed by atoms with van der Waals surface area (Å²) in [4.78, 5) is 24.4. The number of nitrogens with zero attached hydrogens (tertiary/aromatic N) is 3. The van der Waals surface area contributed by atoms with Crippen LogP contribution in [0.25, 0.3) is 10.9 Å². The van der Waals surface area contributed by atoms with Gasteiger partial charge in [0.1, 0.15) is 0 Å². The number of piperidine rings is 1. The Bertz CT molecular complexity index is 703. The van der Waals surface area contributed by atoms with Crippen molar-refractivity contribution in [1.82, 2.24) is 15.1 Å². The van der Waals surface area contributed by atoms with Crippen molar-refractivity contribution in [1.29, 1.82) is 0 Å². The molecule has 1 aromatic heterocycles. The molecule has 1 amide bonds. The predicted octanol–water partition coefficient (Wildman–Crippen LogP) is 1.07. The number of nitro groups is 1. The summed E-state index contributed by atoms with van der Waals surface area (Å²) in [7, 11) is 0. The highest BCUT2D eigenvalue weighted by atomic mass is 16.6. The molecule has 2 heterocycles. The number of non-ortho nitro benzene ring substituents is 1. The van der Waals surface area contributed by atoms with Crippen LogP contribution in [0.2, 0.25) is 0 Å². The third-order valence-corrected chi connectivity index (χ3v) is 3.71. The van der Waals surface area contributed by atoms with E-state index >= 15 is 0 Å². The highest BCUT2D eigenvalue weighted by Crippen LogP contribution is 2.24. The average molecular weight is 290 g/mol. The molecule has 0 atom stereocenters. The van der Waals surface area contributed by atoms with Crippen molar-refractivity contribution in [2.24, 2.45) is 0 Å². The Hall–Kier alpha value is -2.48. The van der Waals surface area contributed by atoms with Crippen LogP contribution in [-0.4, -0.2) is 50.2 Å². The van der Waals surface area contributed by atoms with Gasteiger partial charge >= 0.3 is 0 Å². The van der Waals surface area contributed by atoms with Crippen molar-refractivity contribution in [2.45, 2.75) is 18.9 Å². The van der Waals surface area contributed by atoms with Gasteiger partial charge < -0.3 is 10.0 Å². The van der Waals surface area contributed by atoms with Gasteiger partial charge in [-0.25, -0.2) is 0 Å². The molecule has 2 N–H and O–H groups in total. The Balaban J connectivity index is 1.94. The molecule has 1 aromatic carbocycles. The summed E-state index contributed by atoms with van der Waals surface area (Å²) < 4.78 is 0. The number of carbonyl (C=O) groups excluding carboxylic acids is 1. The molecule has 0 saturated carbocycles. The van der Waals surface area contributed by atoms with Crippen LogP contribution in [0.15, 0.2) is 18.2 Å². The van der Waals surface area contributed by atoms with Crippen LogP contribution in [0, 0.1) is 10.1 Å². The van der Waals surface area contributed by atoms with Crippen LogP contribution < -0.4 is 0 Å². The maximum Gasteiger partial charge on any atom is 0.274 e. The molecule has 0 unspecified atom stereocenters. The normalized spacial score (nSPS) is 16.3. The number of aromatic amines is 1. The van der Waals surface area contributed by atoms with Crippen LogP contribution in [0.3, 0.4) is 0 Å². The second-order valence-electron chi connectivity index (χ2n) is 5.08. The zero-order valence-corrected chi connectivity index (χ0v) is 11.2. The van der Waals surface area contributed by atoms with Crippen LogP contribution in [0.4, 0.5) is 5.69 Å². The van der Waals surface area contributed by atoms with E-state index < -0.39 is 4.92 Å². The molecular formula is C13H14N4O4. The third-order valence-electron chi connectivity index (χ3n) is 3.71. The molecule has 0 radical (unpaired) electrons. The Labute approximate surface area is 119 Å². The van der Waals surface area contributed by atoms with Gasteiger partial charge in [-0.1, -0.05) is 0 Å². The van der Waals surface area contributed by atoms with Crippen molar-refractivity contribution in [3.05, 3.63) is 34.0 Å². The molecule has 1 aliphatic heterocycles. The maximum atomic E-state index is 12.5. The Kier molecular flexibility index (Phi) is 3.30. The number of benzene rings is 1. The molecule has 0 aliphatic carbocycles. The Morgan fingerprint density at radius 3 is 2.81 bits per heavy atom. The SMILES string of the molecule is O=C(c1n[nH]c2ccc([N+](=O)[O-])cc12)N1CCC(O)CC1. The fourth-order valence-electron chi connectivity index (χ4n) is 2.50. The molecule has 1 aliphatic rings. The van der Waals surface area contributed by atoms with E-state index in [1.54, 1.807) is 4.90 Å². The van der Waals surface area contributed by atoms with Crippen molar-refractivity contribution >= 4 is 22.5 Å². The minimum atomic E-state index is -0.502. The minimum absolute atomic E-state index is 0.0768. The van der Waals surface area contributed by atoms with Crippen LogP contribution in [0.5, 0.6) is 0 Å². The summed E-state index contributed by atoms with van der Waals surface area (Å²) in [5.41, 5.74) is 0.693. The molecule has 8 nitrogen and oxygen atoms in total. The number of fused-ring (bicyclic) bond motifs is 1. The number of aliphatic hydroxyl groups excluding tert-OH is 1. The monoisotopic (exact) mass is 290 g/mol. The zero-order valence-electron chi connectivity index (χ0n) is 11.2. The lowest BCUT2D eigenvalue weighted by molar-refractivity contribution is -0.384. The molecule has 0 bridgehead atoms. The molecule has 1 fully saturated rings. The van der Waals surface area contributed by atoms with Gasteiger partial charge in [0.15, 0.2) is 5.69 Å². The lowest BCUT2D eigenvalue weighted by Crippen LogP contribution is -2.40. The standard InChI is InChI=1S/C13H14N4O4/c18-9-3-5-16(6-4-9)13(19)12-10-7-8(17(20)21)1-2-11(10)14-15-12/h1-2,7,9,18H,3-6H2,(H,14,15). The topological polar surface area (TPSA) is 112 Å². The van der Waals surface area contributed by atoms with Crippen LogP contribution in [0.1, 0.15) is 23.3 Å². The number of H-pyrrole nitrogens is 1. The summed E-state index contributed by atoms with van der Waals surface area (Å²) in [5, 5.41) is 27.5. The van der Waals surface area contributed by atoms with Crippen LogP contribution >= 0.6 is 0 Å². The first-order chi connectivity index (χ1) is 10.1. The number of aromatic nitrogens is 2. The molecule has 0 spiro atoms. The van der Waals surface area contributed by atoms with Crippen molar-refractivity contribution in [3.63, 3.8) is 0 Å². The Morgan fingerprint density at radius 2 is 2.14 bits per heavy atom. The zero-order chi connectivity index (χ0) is 15.0. The van der Waals surface area contributed by atoms with E-state index in [-0.39, 0.29) is 23.4 Å². The summed E-state index contributed by atoms with van der Waals surface area (Å²) in [6.07, 6.45) is 0.703. The lowest BCUT2D eigenvalue weighted by Gasteiger charge is -2.29. The van der Waals surface area contributed by atoms with Gasteiger partial charge in [0.05, 0.1) is 16.5 Å². The van der Waals surface area contributed by atoms with Gasteiger partial charge in [0.2, 0.25) is 0 Å². The van der Waals surface area contributed by atoms with E-state index in [0.717, 1.165) is 0 Å². The minimum Gasteiger partial charge on any atom is -0.393 e. The first-order valence-corrected chi connectivity index (χ1v) is 6.66. The number of amides is 1. The number of hydrogen-bond donors (Lipinski definition) is 2. The first-order valence-electron chi connectivity index (χ1n) is 6.66. The van der Waals surface area contributed by atoms with E-state index in [0.29, 0.717) is 36.8 Å². The maximum absolute atomic E-state index is 12.5. The van der Waals surface area contributed by atoms with Gasteiger partial charge in [-0.15, -0.1) is 0 Å². The molecule has 110 valence electrons. The fourth-order valence-corrected chi connectivity index (χ4v) is 2.50. The number of rotatable bonds is 2. The van der Waals surface area contributed by atoms with Crippen molar-refractivity contribution < 1.29 is 14.8 Å². The van der Waals surface area contributed by atoms with Gasteiger partial charge in [0, 0.05) is 30.6 Å². The fraction of sp³-hybridized carbons (Fsp3) is 0.385. The largest absolute Gasteiger partial charge is 0.393 e. The third kappa shape index (κ3) is 2.45. The average Bonchev–Trinajstić information content (AvgIpc) is 2.90. The number of likely N-dealkylation sites (tertiary alicyclic amines) is 1. The molecule has 21 heavy (non-hydrogen) atoms. The first kappa shape index (κ1) is 13.5. The summed E-state index contributed by atoms with van der Waals surface area (Å²) in [5.74, 6) is -0.270. The van der Waals surface area contributed by atoms with Gasteiger partial charge in [0.25, 0.3) is 11.6 Å². The molecule has 1 saturated heterocycles. The van der Waals surface area contributed by atoms with Crippen molar-refractivity contribution in [3.8, 4) is 0 Å². The van der Waals surface area contributed by atoms with Gasteiger partial charge in [-0.05, 0) is 18.9 Å². The quantitative estimate of drug-likeness (QED) is 0.634. The number of nitro benzene ring substituents is 1. The van der Waals surface area contributed by atoms with Crippen LogP contribution in [-0.2, 0) is 0 Å². The molecule has 2 aromatic rings. The predicted molar refractivity (Wildman–Crippen MR) is 73.9 cm³/mol. The van der Waals surface area contributed by atoms with E-state index in [1.165, 1.54) is 18.2 Å². The number of hydrogen-bond acceptors (Lipinski definition) is 5. The second-order valence-corrected chi connectivity index (χ2v) is 5.08. The molecule has 8 heteroatoms. The number of aliphatic hydroxyl groups is 1. The van der Waals surface area contributed by atoms with Gasteiger partial charge in [-0.2, -0.15) is 5.10 Å². The van der Waals surface area contributed by atoms with E-state index in [1.807, 2.05) is 0 Å². The van der Waals surface area contributed by atoms with E-state index in [4.69, 9.17) is 0 Å². The number of nitrogens with one attached hydrogen (secondary N) is 1. The smallest absolute Gasteiger partial charge is 0.274 e. The molecular weight excluding hydrogens is 276 g/mol. The number of carbonyl (C=O) groups is 1. The van der Waals surface area contributed by atoms with Crippen molar-refractivity contribution in [2.75, 3.05) is 13.1 Å². The molecule has 3 rings (SSSR count). The lowest BCUT2D eigenvalue weighted by atomic mass is 10.1. The van der Waals surface area contributed by atoms with E-state index in [2.05, 4.69) is 10.2 Å². The summed E-state index contributed by atoms with van der Waals surface area (Å²) in [6.45, 7) is 0.923. The highest BCUT2D eigenvalue weighted by Gasteiger charge is 2.26. The van der Waals surface area contributed by atoms with E-state index in [9.17, 15) is 20.0 Å². The Morgan fingerprint density at radius 1 is 1.43 bits per heavy atom. The summed E-state index contributed by atoms with van der Waals surface area (Å²) >= 11 is 0. The second kappa shape index (κ2) is 5.13. The summed E-state index contributed by atoms with van der Waals surface area (Å²) in [6, 6.07) is 4.26.